The number of benzene rings is 1. The molecule has 1 aromatic rings. The molecule has 32 heavy (non-hydrogen) atoms. The molecule has 0 heterocycles. The molecule has 1 unspecified atom stereocenters. The minimum Gasteiger partial charge on any atom is -0.481 e. The molecule has 0 radical (unpaired) electrons. The minimum absolute atomic E-state index is 0.00393. The molecule has 0 aliphatic heterocycles. The standard InChI is InChI=1S/C27H44O5/c1-24(32-27(30)23-31-22-25-19-15-13-16-20-25)18-14-11-9-7-5-3-2-4-6-8-10-12-17-21-26(28)29/h13,15-16,19-20,24H,2-12,14,17-18,21-23H2,1H3,(H,28,29). The van der Waals surface area contributed by atoms with E-state index in [1.807, 2.05) is 37.3 Å². The average molecular weight is 449 g/mol. The Morgan fingerprint density at radius 1 is 0.781 bits per heavy atom. The maximum absolute atomic E-state index is 11.8. The van der Waals surface area contributed by atoms with Crippen LogP contribution in [0.3, 0.4) is 0 Å². The van der Waals surface area contributed by atoms with E-state index in [9.17, 15) is 9.59 Å². The summed E-state index contributed by atoms with van der Waals surface area (Å²) in [5, 5.41) is 8.59. The summed E-state index contributed by atoms with van der Waals surface area (Å²) in [6.45, 7) is 2.39. The van der Waals surface area contributed by atoms with Crippen molar-refractivity contribution in [1.29, 1.82) is 0 Å². The van der Waals surface area contributed by atoms with Gasteiger partial charge < -0.3 is 14.6 Å². The molecule has 0 saturated carbocycles. The molecule has 1 N–H and O–H groups in total. The predicted octanol–water partition coefficient (Wildman–Crippen LogP) is 7.07. The van der Waals surface area contributed by atoms with E-state index in [1.54, 1.807) is 0 Å². The normalized spacial score (nSPS) is 11.9. The van der Waals surface area contributed by atoms with Crippen LogP contribution in [0.4, 0.5) is 0 Å². The monoisotopic (exact) mass is 448 g/mol. The zero-order valence-corrected chi connectivity index (χ0v) is 20.1. The summed E-state index contributed by atoms with van der Waals surface area (Å²) in [6.07, 6.45) is 16.8. The second-order valence-electron chi connectivity index (χ2n) is 8.81. The van der Waals surface area contributed by atoms with Crippen LogP contribution in [0.5, 0.6) is 0 Å². The molecule has 0 aliphatic carbocycles. The Labute approximate surface area is 194 Å². The van der Waals surface area contributed by atoms with Gasteiger partial charge in [0.25, 0.3) is 0 Å². The Morgan fingerprint density at radius 3 is 1.81 bits per heavy atom. The van der Waals surface area contributed by atoms with Crippen LogP contribution in [0.1, 0.15) is 109 Å². The summed E-state index contributed by atoms with van der Waals surface area (Å²) in [4.78, 5) is 22.3. The molecule has 0 bridgehead atoms. The van der Waals surface area contributed by atoms with E-state index >= 15 is 0 Å². The number of hydrogen-bond acceptors (Lipinski definition) is 4. The molecule has 182 valence electrons. The Hall–Kier alpha value is -1.88. The zero-order chi connectivity index (χ0) is 23.3. The molecule has 1 rings (SSSR count). The molecule has 0 saturated heterocycles. The van der Waals surface area contributed by atoms with Gasteiger partial charge in [0.15, 0.2) is 0 Å². The van der Waals surface area contributed by atoms with Crippen LogP contribution in [0.2, 0.25) is 0 Å². The number of carboxylic acid groups (broad SMARTS) is 1. The fraction of sp³-hybridized carbons (Fsp3) is 0.704. The number of rotatable bonds is 21. The van der Waals surface area contributed by atoms with Crippen molar-refractivity contribution in [2.24, 2.45) is 0 Å². The van der Waals surface area contributed by atoms with Crippen molar-refractivity contribution in [2.75, 3.05) is 6.61 Å². The van der Waals surface area contributed by atoms with Crippen molar-refractivity contribution < 1.29 is 24.2 Å². The average Bonchev–Trinajstić information content (AvgIpc) is 2.77. The van der Waals surface area contributed by atoms with Gasteiger partial charge in [0.05, 0.1) is 12.7 Å². The highest BCUT2D eigenvalue weighted by Crippen LogP contribution is 2.14. The van der Waals surface area contributed by atoms with Crippen LogP contribution < -0.4 is 0 Å². The van der Waals surface area contributed by atoms with Crippen molar-refractivity contribution in [1.82, 2.24) is 0 Å². The largest absolute Gasteiger partial charge is 0.481 e. The number of hydrogen-bond donors (Lipinski definition) is 1. The van der Waals surface area contributed by atoms with Gasteiger partial charge >= 0.3 is 11.9 Å². The second-order valence-corrected chi connectivity index (χ2v) is 8.81. The van der Waals surface area contributed by atoms with E-state index in [-0.39, 0.29) is 18.7 Å². The smallest absolute Gasteiger partial charge is 0.332 e. The third-order valence-corrected chi connectivity index (χ3v) is 5.67. The quantitative estimate of drug-likeness (QED) is 0.161. The van der Waals surface area contributed by atoms with Gasteiger partial charge in [0, 0.05) is 6.42 Å². The Bertz CT molecular complexity index is 587. The number of carbonyl (C=O) groups is 2. The van der Waals surface area contributed by atoms with E-state index in [2.05, 4.69) is 0 Å². The molecular formula is C27H44O5. The fourth-order valence-corrected chi connectivity index (χ4v) is 3.80. The Balaban J connectivity index is 1.81. The fourth-order valence-electron chi connectivity index (χ4n) is 3.80. The summed E-state index contributed by atoms with van der Waals surface area (Å²) in [5.41, 5.74) is 1.05. The lowest BCUT2D eigenvalue weighted by atomic mass is 10.0. The van der Waals surface area contributed by atoms with Crippen molar-refractivity contribution >= 4 is 11.9 Å². The second kappa shape index (κ2) is 19.8. The highest BCUT2D eigenvalue weighted by Gasteiger charge is 2.09. The third kappa shape index (κ3) is 17.8. The topological polar surface area (TPSA) is 72.8 Å². The van der Waals surface area contributed by atoms with Crippen LogP contribution in [0.15, 0.2) is 30.3 Å². The van der Waals surface area contributed by atoms with Crippen LogP contribution in [-0.4, -0.2) is 29.8 Å². The summed E-state index contributed by atoms with van der Waals surface area (Å²) < 4.78 is 10.8. The minimum atomic E-state index is -0.678. The van der Waals surface area contributed by atoms with Crippen molar-refractivity contribution in [3.05, 3.63) is 35.9 Å². The van der Waals surface area contributed by atoms with Crippen LogP contribution in [0.25, 0.3) is 0 Å². The number of ether oxygens (including phenoxy) is 2. The third-order valence-electron chi connectivity index (χ3n) is 5.67. The van der Waals surface area contributed by atoms with Crippen LogP contribution in [0, 0.1) is 0 Å². The molecule has 1 aromatic carbocycles. The lowest BCUT2D eigenvalue weighted by molar-refractivity contribution is -0.154. The SMILES string of the molecule is CC(CCCCCCCCCCCCCCCC(=O)O)OC(=O)COCc1ccccc1. The maximum Gasteiger partial charge on any atom is 0.332 e. The van der Waals surface area contributed by atoms with Crippen LogP contribution in [-0.2, 0) is 25.7 Å². The van der Waals surface area contributed by atoms with E-state index in [1.165, 1.54) is 64.2 Å². The lowest BCUT2D eigenvalue weighted by Crippen LogP contribution is -2.19. The number of unbranched alkanes of at least 4 members (excludes halogenated alkanes) is 12. The molecule has 1 atom stereocenters. The summed E-state index contributed by atoms with van der Waals surface area (Å²) in [6, 6.07) is 9.82. The first-order valence-electron chi connectivity index (χ1n) is 12.6. The molecule has 5 nitrogen and oxygen atoms in total. The van der Waals surface area contributed by atoms with Gasteiger partial charge in [0.2, 0.25) is 0 Å². The van der Waals surface area contributed by atoms with Crippen molar-refractivity contribution in [3.63, 3.8) is 0 Å². The zero-order valence-electron chi connectivity index (χ0n) is 20.1. The van der Waals surface area contributed by atoms with Crippen molar-refractivity contribution in [3.8, 4) is 0 Å². The van der Waals surface area contributed by atoms with Crippen molar-refractivity contribution in [2.45, 2.75) is 116 Å². The number of aliphatic carboxylic acids is 1. The Kier molecular flexibility index (Phi) is 17.4. The van der Waals surface area contributed by atoms with E-state index < -0.39 is 5.97 Å². The first-order chi connectivity index (χ1) is 15.6. The molecule has 0 fully saturated rings. The molecule has 0 aromatic heterocycles. The van der Waals surface area contributed by atoms with E-state index in [4.69, 9.17) is 14.6 Å². The summed E-state index contributed by atoms with van der Waals surface area (Å²) >= 11 is 0. The Morgan fingerprint density at radius 2 is 1.28 bits per heavy atom. The molecule has 0 spiro atoms. The highest BCUT2D eigenvalue weighted by molar-refractivity contribution is 5.70. The van der Waals surface area contributed by atoms with Gasteiger partial charge in [-0.3, -0.25) is 4.79 Å². The predicted molar refractivity (Wildman–Crippen MR) is 129 cm³/mol. The number of esters is 1. The van der Waals surface area contributed by atoms with E-state index in [0.29, 0.717) is 13.0 Å². The lowest BCUT2D eigenvalue weighted by Gasteiger charge is -2.13. The molecular weight excluding hydrogens is 404 g/mol. The molecule has 0 aliphatic rings. The first kappa shape index (κ1) is 28.2. The highest BCUT2D eigenvalue weighted by atomic mass is 16.6. The van der Waals surface area contributed by atoms with Gasteiger partial charge in [-0.25, -0.2) is 4.79 Å². The van der Waals surface area contributed by atoms with Gasteiger partial charge in [0.1, 0.15) is 6.61 Å². The maximum atomic E-state index is 11.8. The van der Waals surface area contributed by atoms with Gasteiger partial charge in [-0.05, 0) is 31.7 Å². The molecule has 5 heteroatoms. The number of carbonyl (C=O) groups excluding carboxylic acids is 1. The van der Waals surface area contributed by atoms with Crippen LogP contribution >= 0.6 is 0 Å². The van der Waals surface area contributed by atoms with E-state index in [0.717, 1.165) is 31.2 Å². The van der Waals surface area contributed by atoms with Gasteiger partial charge in [-0.2, -0.15) is 0 Å². The summed E-state index contributed by atoms with van der Waals surface area (Å²) in [5.74, 6) is -0.961. The molecule has 0 amide bonds. The van der Waals surface area contributed by atoms with Gasteiger partial charge in [-0.15, -0.1) is 0 Å². The summed E-state index contributed by atoms with van der Waals surface area (Å²) in [7, 11) is 0. The van der Waals surface area contributed by atoms with Gasteiger partial charge in [-0.1, -0.05) is 101 Å². The number of carboxylic acids is 1. The first-order valence-corrected chi connectivity index (χ1v) is 12.6.